The number of thiophene rings is 2. The van der Waals surface area contributed by atoms with Gasteiger partial charge >= 0.3 is 0 Å². The molecule has 0 aliphatic carbocycles. The van der Waals surface area contributed by atoms with Crippen LogP contribution < -0.4 is 0 Å². The normalized spacial score (nSPS) is 10.6. The predicted molar refractivity (Wildman–Crippen MR) is 52.8 cm³/mol. The van der Waals surface area contributed by atoms with Crippen molar-refractivity contribution in [3.05, 3.63) is 20.1 Å². The molecule has 1 nitrogen and oxygen atoms in total. The van der Waals surface area contributed by atoms with Crippen LogP contribution in [0.3, 0.4) is 0 Å². The fourth-order valence-electron chi connectivity index (χ4n) is 0.941. The molecule has 0 N–H and O–H groups in total. The van der Waals surface area contributed by atoms with Crippen molar-refractivity contribution in [2.24, 2.45) is 0 Å². The molecule has 2 aromatic heterocycles. The van der Waals surface area contributed by atoms with Crippen molar-refractivity contribution in [2.45, 2.75) is 0 Å². The van der Waals surface area contributed by atoms with E-state index >= 15 is 0 Å². The highest BCUT2D eigenvalue weighted by molar-refractivity contribution is 9.11. The highest BCUT2D eigenvalue weighted by Gasteiger charge is 2.08. The molecule has 2 heterocycles. The first-order valence-corrected chi connectivity index (χ1v) is 5.42. The summed E-state index contributed by atoms with van der Waals surface area (Å²) in [6.07, 6.45) is 0.907. The number of carbonyl (C=O) groups is 1. The third kappa shape index (κ3) is 1.06. The SMILES string of the molecule is O=Cc1sc(Br)c2sccc12. The zero-order valence-corrected chi connectivity index (χ0v) is 8.55. The van der Waals surface area contributed by atoms with Crippen molar-refractivity contribution in [1.29, 1.82) is 0 Å². The Balaban J connectivity index is 2.90. The van der Waals surface area contributed by atoms with E-state index in [1.807, 2.05) is 11.4 Å². The number of aldehydes is 1. The van der Waals surface area contributed by atoms with Gasteiger partial charge in [0.05, 0.1) is 13.4 Å². The fraction of sp³-hybridized carbons (Fsp3) is 0. The highest BCUT2D eigenvalue weighted by atomic mass is 79.9. The molecule has 0 aliphatic heterocycles. The fourth-order valence-corrected chi connectivity index (χ4v) is 3.75. The largest absolute Gasteiger partial charge is 0.297 e. The lowest BCUT2D eigenvalue weighted by Crippen LogP contribution is -1.66. The van der Waals surface area contributed by atoms with Gasteiger partial charge in [-0.05, 0) is 27.4 Å². The molecule has 4 heteroatoms. The number of hydrogen-bond donors (Lipinski definition) is 0. The molecule has 0 saturated heterocycles. The molecule has 0 saturated carbocycles. The van der Waals surface area contributed by atoms with E-state index in [1.165, 1.54) is 16.0 Å². The molecule has 0 radical (unpaired) electrons. The molecular weight excluding hydrogens is 244 g/mol. The van der Waals surface area contributed by atoms with E-state index in [9.17, 15) is 4.79 Å². The van der Waals surface area contributed by atoms with Crippen molar-refractivity contribution in [3.63, 3.8) is 0 Å². The molecule has 0 fully saturated rings. The van der Waals surface area contributed by atoms with E-state index in [1.54, 1.807) is 11.3 Å². The second-order valence-electron chi connectivity index (χ2n) is 2.02. The van der Waals surface area contributed by atoms with Gasteiger partial charge < -0.3 is 0 Å². The van der Waals surface area contributed by atoms with Crippen LogP contribution >= 0.6 is 38.6 Å². The average molecular weight is 247 g/mol. The summed E-state index contributed by atoms with van der Waals surface area (Å²) in [5.41, 5.74) is 0. The Bertz CT molecular complexity index is 401. The van der Waals surface area contributed by atoms with Gasteiger partial charge in [0, 0.05) is 5.39 Å². The van der Waals surface area contributed by atoms with E-state index in [0.717, 1.165) is 20.3 Å². The molecule has 56 valence electrons. The van der Waals surface area contributed by atoms with Crippen molar-refractivity contribution >= 4 is 55.0 Å². The summed E-state index contributed by atoms with van der Waals surface area (Å²) in [6.45, 7) is 0. The number of halogens is 1. The van der Waals surface area contributed by atoms with E-state index in [2.05, 4.69) is 15.9 Å². The van der Waals surface area contributed by atoms with Crippen LogP contribution in [0.5, 0.6) is 0 Å². The van der Waals surface area contributed by atoms with Gasteiger partial charge in [0.1, 0.15) is 0 Å². The summed E-state index contributed by atoms with van der Waals surface area (Å²) in [7, 11) is 0. The topological polar surface area (TPSA) is 17.1 Å². The number of rotatable bonds is 1. The Morgan fingerprint density at radius 3 is 3.09 bits per heavy atom. The monoisotopic (exact) mass is 246 g/mol. The first kappa shape index (κ1) is 7.46. The Labute approximate surface area is 79.8 Å². The lowest BCUT2D eigenvalue weighted by molar-refractivity contribution is 0.112. The van der Waals surface area contributed by atoms with Gasteiger partial charge in [-0.3, -0.25) is 4.79 Å². The summed E-state index contributed by atoms with van der Waals surface area (Å²) in [5, 5.41) is 3.07. The smallest absolute Gasteiger partial charge is 0.160 e. The molecule has 0 spiro atoms. The Hall–Kier alpha value is -0.190. The second kappa shape index (κ2) is 2.69. The van der Waals surface area contributed by atoms with Gasteiger partial charge in [-0.15, -0.1) is 22.7 Å². The average Bonchev–Trinajstić information content (AvgIpc) is 2.54. The lowest BCUT2D eigenvalue weighted by Gasteiger charge is -1.75. The van der Waals surface area contributed by atoms with Crippen molar-refractivity contribution in [1.82, 2.24) is 0 Å². The third-order valence-electron chi connectivity index (χ3n) is 1.42. The Morgan fingerprint density at radius 2 is 2.36 bits per heavy atom. The summed E-state index contributed by atoms with van der Waals surface area (Å²) in [5.74, 6) is 0. The molecule has 2 rings (SSSR count). The van der Waals surface area contributed by atoms with Crippen LogP contribution in [0.15, 0.2) is 15.2 Å². The van der Waals surface area contributed by atoms with Crippen LogP contribution in [0.25, 0.3) is 10.1 Å². The predicted octanol–water partition coefficient (Wildman–Crippen LogP) is 3.54. The number of hydrogen-bond acceptors (Lipinski definition) is 3. The summed E-state index contributed by atoms with van der Waals surface area (Å²) in [4.78, 5) is 11.3. The van der Waals surface area contributed by atoms with E-state index in [0.29, 0.717) is 0 Å². The van der Waals surface area contributed by atoms with Crippen LogP contribution in [-0.4, -0.2) is 6.29 Å². The minimum atomic E-state index is 0.813. The lowest BCUT2D eigenvalue weighted by atomic mass is 10.3. The van der Waals surface area contributed by atoms with Gasteiger partial charge in [0.15, 0.2) is 6.29 Å². The first-order chi connectivity index (χ1) is 5.33. The Kier molecular flexibility index (Phi) is 1.83. The van der Waals surface area contributed by atoms with Crippen LogP contribution in [0, 0.1) is 0 Å². The Morgan fingerprint density at radius 1 is 1.55 bits per heavy atom. The molecule has 0 amide bonds. The standard InChI is InChI=1S/C7H3BrOS2/c8-7-6-4(1-2-10-6)5(3-9)11-7/h1-3H. The van der Waals surface area contributed by atoms with Gasteiger partial charge in [0.2, 0.25) is 0 Å². The zero-order valence-electron chi connectivity index (χ0n) is 5.33. The van der Waals surface area contributed by atoms with Gasteiger partial charge in [-0.25, -0.2) is 0 Å². The van der Waals surface area contributed by atoms with Crippen LogP contribution in [0.1, 0.15) is 9.67 Å². The van der Waals surface area contributed by atoms with E-state index < -0.39 is 0 Å². The molecule has 2 aromatic rings. The van der Waals surface area contributed by atoms with E-state index in [4.69, 9.17) is 0 Å². The number of fused-ring (bicyclic) bond motifs is 1. The van der Waals surface area contributed by atoms with Crippen molar-refractivity contribution in [2.75, 3.05) is 0 Å². The van der Waals surface area contributed by atoms with Crippen molar-refractivity contribution < 1.29 is 4.79 Å². The van der Waals surface area contributed by atoms with Crippen LogP contribution in [-0.2, 0) is 0 Å². The van der Waals surface area contributed by atoms with Gasteiger partial charge in [0.25, 0.3) is 0 Å². The quantitative estimate of drug-likeness (QED) is 0.704. The van der Waals surface area contributed by atoms with Gasteiger partial charge in [-0.2, -0.15) is 0 Å². The van der Waals surface area contributed by atoms with E-state index in [-0.39, 0.29) is 0 Å². The van der Waals surface area contributed by atoms with Crippen LogP contribution in [0.2, 0.25) is 0 Å². The maximum Gasteiger partial charge on any atom is 0.160 e. The minimum absolute atomic E-state index is 0.813. The maximum atomic E-state index is 10.5. The molecular formula is C7H3BrOS2. The highest BCUT2D eigenvalue weighted by Crippen LogP contribution is 2.37. The molecule has 0 bridgehead atoms. The first-order valence-electron chi connectivity index (χ1n) is 2.93. The summed E-state index contributed by atoms with van der Waals surface area (Å²) < 4.78 is 2.24. The van der Waals surface area contributed by atoms with Gasteiger partial charge in [-0.1, -0.05) is 0 Å². The second-order valence-corrected chi connectivity index (χ2v) is 5.31. The third-order valence-corrected chi connectivity index (χ3v) is 4.54. The minimum Gasteiger partial charge on any atom is -0.297 e. The molecule has 0 aromatic carbocycles. The van der Waals surface area contributed by atoms with Crippen LogP contribution in [0.4, 0.5) is 0 Å². The zero-order chi connectivity index (χ0) is 7.84. The molecule has 11 heavy (non-hydrogen) atoms. The molecule has 0 unspecified atom stereocenters. The number of carbonyl (C=O) groups excluding carboxylic acids is 1. The summed E-state index contributed by atoms with van der Waals surface area (Å²) in [6, 6.07) is 1.98. The summed E-state index contributed by atoms with van der Waals surface area (Å²) >= 11 is 6.56. The molecule has 0 aliphatic rings. The maximum absolute atomic E-state index is 10.5. The molecule has 0 atom stereocenters. The van der Waals surface area contributed by atoms with Crippen molar-refractivity contribution in [3.8, 4) is 0 Å².